The van der Waals surface area contributed by atoms with Crippen molar-refractivity contribution in [2.45, 2.75) is 32.9 Å². The van der Waals surface area contributed by atoms with Crippen molar-refractivity contribution in [1.82, 2.24) is 4.57 Å². The third kappa shape index (κ3) is 5.78. The molecule has 1 N–H and O–H groups in total. The second-order valence-electron chi connectivity index (χ2n) is 9.30. The summed E-state index contributed by atoms with van der Waals surface area (Å²) < 4.78 is 8.93. The van der Waals surface area contributed by atoms with Crippen molar-refractivity contribution < 1.29 is 9.53 Å². The van der Waals surface area contributed by atoms with Crippen molar-refractivity contribution in [3.8, 4) is 5.75 Å². The lowest BCUT2D eigenvalue weighted by atomic mass is 9.95. The highest BCUT2D eigenvalue weighted by Crippen LogP contribution is 2.31. The van der Waals surface area contributed by atoms with E-state index in [1.165, 1.54) is 11.3 Å². The summed E-state index contributed by atoms with van der Waals surface area (Å²) in [6.07, 6.45) is 1.78. The third-order valence-electron chi connectivity index (χ3n) is 6.10. The Morgan fingerprint density at radius 1 is 1.13 bits per heavy atom. The zero-order valence-electron chi connectivity index (χ0n) is 21.4. The summed E-state index contributed by atoms with van der Waals surface area (Å²) in [5.74, 6) is 0.351. The molecule has 0 bridgehead atoms. The van der Waals surface area contributed by atoms with E-state index in [1.807, 2.05) is 80.6 Å². The van der Waals surface area contributed by atoms with E-state index < -0.39 is 6.04 Å². The fraction of sp³-hybridized carbons (Fsp3) is 0.167. The van der Waals surface area contributed by atoms with Gasteiger partial charge in [0.05, 0.1) is 27.9 Å². The Morgan fingerprint density at radius 2 is 1.85 bits per heavy atom. The summed E-state index contributed by atoms with van der Waals surface area (Å²) in [5, 5.41) is 3.52. The topological polar surface area (TPSA) is 72.7 Å². The molecule has 1 aliphatic rings. The number of rotatable bonds is 6. The Balaban J connectivity index is 1.68. The van der Waals surface area contributed by atoms with Crippen molar-refractivity contribution in [2.24, 2.45) is 4.99 Å². The van der Waals surface area contributed by atoms with Crippen LogP contribution in [0.3, 0.4) is 0 Å². The summed E-state index contributed by atoms with van der Waals surface area (Å²) in [4.78, 5) is 32.8. The fourth-order valence-electron chi connectivity index (χ4n) is 4.43. The number of hydrogen-bond donors (Lipinski definition) is 1. The Bertz CT molecular complexity index is 1760. The number of carbonyl (C=O) groups excluding carboxylic acids is 1. The molecule has 2 heterocycles. The maximum absolute atomic E-state index is 14.0. The maximum atomic E-state index is 14.0. The van der Waals surface area contributed by atoms with Crippen molar-refractivity contribution >= 4 is 56.5 Å². The number of fused-ring (bicyclic) bond motifs is 1. The number of allylic oxidation sites excluding steroid dienone is 1. The molecule has 5 rings (SSSR count). The van der Waals surface area contributed by atoms with E-state index in [0.717, 1.165) is 15.6 Å². The predicted molar refractivity (Wildman–Crippen MR) is 160 cm³/mol. The van der Waals surface area contributed by atoms with Gasteiger partial charge in [-0.05, 0) is 74.9 Å². The first-order valence-corrected chi connectivity index (χ1v) is 14.3. The quantitative estimate of drug-likeness (QED) is 0.284. The monoisotopic (exact) mass is 621 g/mol. The molecule has 1 aliphatic heterocycles. The number of thiazole rings is 1. The molecule has 1 amide bonds. The van der Waals surface area contributed by atoms with Crippen LogP contribution < -0.4 is 24.9 Å². The van der Waals surface area contributed by atoms with Crippen molar-refractivity contribution in [2.75, 3.05) is 5.32 Å². The van der Waals surface area contributed by atoms with E-state index in [-0.39, 0.29) is 17.6 Å². The molecule has 0 radical (unpaired) electrons. The molecule has 198 valence electrons. The Kier molecular flexibility index (Phi) is 7.88. The number of para-hydroxylation sites is 1. The summed E-state index contributed by atoms with van der Waals surface area (Å²) in [6, 6.07) is 21.4. The van der Waals surface area contributed by atoms with Crippen LogP contribution in [0.1, 0.15) is 37.9 Å². The molecule has 6 nitrogen and oxygen atoms in total. The summed E-state index contributed by atoms with van der Waals surface area (Å²) in [7, 11) is 0. The van der Waals surface area contributed by atoms with Crippen molar-refractivity contribution in [3.05, 3.63) is 124 Å². The number of nitrogens with zero attached hydrogens (tertiary/aromatic N) is 2. The summed E-state index contributed by atoms with van der Waals surface area (Å²) in [5.41, 5.74) is 2.87. The smallest absolute Gasteiger partial charge is 0.271 e. The highest BCUT2D eigenvalue weighted by Gasteiger charge is 2.32. The van der Waals surface area contributed by atoms with Gasteiger partial charge in [0, 0.05) is 20.7 Å². The molecule has 1 atom stereocenters. The van der Waals surface area contributed by atoms with E-state index in [9.17, 15) is 9.59 Å². The number of benzene rings is 3. The first kappa shape index (κ1) is 27.1. The lowest BCUT2D eigenvalue weighted by Crippen LogP contribution is -2.40. The lowest BCUT2D eigenvalue weighted by Gasteiger charge is -2.25. The summed E-state index contributed by atoms with van der Waals surface area (Å²) in [6.45, 7) is 5.70. The van der Waals surface area contributed by atoms with Gasteiger partial charge in [0.2, 0.25) is 0 Å². The Hall–Kier alpha value is -3.46. The molecule has 3 aromatic carbocycles. The minimum atomic E-state index is -0.682. The van der Waals surface area contributed by atoms with Gasteiger partial charge in [-0.2, -0.15) is 0 Å². The van der Waals surface area contributed by atoms with Crippen LogP contribution in [0.5, 0.6) is 5.75 Å². The lowest BCUT2D eigenvalue weighted by molar-refractivity contribution is -0.113. The zero-order valence-corrected chi connectivity index (χ0v) is 24.6. The average Bonchev–Trinajstić information content (AvgIpc) is 3.20. The molecule has 0 saturated heterocycles. The van der Waals surface area contributed by atoms with Crippen LogP contribution in [-0.2, 0) is 4.79 Å². The first-order chi connectivity index (χ1) is 18.7. The van der Waals surface area contributed by atoms with Crippen LogP contribution >= 0.6 is 38.9 Å². The normalized spacial score (nSPS) is 15.2. The highest BCUT2D eigenvalue weighted by molar-refractivity contribution is 9.10. The van der Waals surface area contributed by atoms with Gasteiger partial charge in [0.25, 0.3) is 11.5 Å². The molecule has 9 heteroatoms. The van der Waals surface area contributed by atoms with Crippen molar-refractivity contribution in [3.63, 3.8) is 0 Å². The SMILES string of the molecule is CC1=C(C(=O)Nc2ccccc2)[C@H](c2ccc(Cl)cc2)n2c(s/c(=C/c3cc(Br)ccc3OC(C)C)c2=O)=N1. The number of nitrogens with one attached hydrogen (secondary N) is 1. The maximum Gasteiger partial charge on any atom is 0.271 e. The predicted octanol–water partition coefficient (Wildman–Crippen LogP) is 6.08. The molecule has 4 aromatic rings. The van der Waals surface area contributed by atoms with Gasteiger partial charge in [-0.3, -0.25) is 14.2 Å². The van der Waals surface area contributed by atoms with Crippen molar-refractivity contribution in [1.29, 1.82) is 0 Å². The second-order valence-corrected chi connectivity index (χ2v) is 11.7. The van der Waals surface area contributed by atoms with Gasteiger partial charge in [0.1, 0.15) is 5.75 Å². The number of carbonyl (C=O) groups is 1. The molecule has 0 fully saturated rings. The molecule has 0 saturated carbocycles. The van der Waals surface area contributed by atoms with Gasteiger partial charge in [-0.1, -0.05) is 69.2 Å². The Morgan fingerprint density at radius 3 is 2.54 bits per heavy atom. The van der Waals surface area contributed by atoms with E-state index in [1.54, 1.807) is 23.6 Å². The largest absolute Gasteiger partial charge is 0.490 e. The van der Waals surface area contributed by atoms with Crippen LogP contribution in [0.25, 0.3) is 6.08 Å². The van der Waals surface area contributed by atoms with E-state index in [4.69, 9.17) is 21.3 Å². The number of halogens is 2. The number of hydrogen-bond acceptors (Lipinski definition) is 5. The van der Waals surface area contributed by atoms with Crippen LogP contribution in [0.2, 0.25) is 5.02 Å². The number of ether oxygens (including phenoxy) is 1. The molecular weight excluding hydrogens is 598 g/mol. The fourth-order valence-corrected chi connectivity index (χ4v) is 5.97. The van der Waals surface area contributed by atoms with E-state index in [2.05, 4.69) is 21.2 Å². The average molecular weight is 623 g/mol. The van der Waals surface area contributed by atoms with Crippen LogP contribution in [0, 0.1) is 0 Å². The number of amides is 1. The molecule has 39 heavy (non-hydrogen) atoms. The zero-order chi connectivity index (χ0) is 27.7. The van der Waals surface area contributed by atoms with Gasteiger partial charge in [-0.25, -0.2) is 4.99 Å². The Labute approximate surface area is 243 Å². The second kappa shape index (κ2) is 11.3. The first-order valence-electron chi connectivity index (χ1n) is 12.3. The highest BCUT2D eigenvalue weighted by atomic mass is 79.9. The van der Waals surface area contributed by atoms with Gasteiger partial charge < -0.3 is 10.1 Å². The minimum Gasteiger partial charge on any atom is -0.490 e. The molecule has 0 spiro atoms. The van der Waals surface area contributed by atoms with Crippen LogP contribution in [-0.4, -0.2) is 16.6 Å². The third-order valence-corrected chi connectivity index (χ3v) is 7.83. The standard InChI is InChI=1S/C30H25BrClN3O3S/c1-17(2)38-24-14-11-21(31)15-20(24)16-25-29(37)35-27(19-9-12-22(32)13-10-19)26(18(3)33-30(35)39-25)28(36)34-23-7-5-4-6-8-23/h4-17,27H,1-3H3,(H,34,36)/b25-16+/t27-/m0/s1. The van der Waals surface area contributed by atoms with Gasteiger partial charge in [0.15, 0.2) is 4.80 Å². The molecular formula is C30H25BrClN3O3S. The molecule has 0 unspecified atom stereocenters. The van der Waals surface area contributed by atoms with E-state index >= 15 is 0 Å². The molecule has 0 aliphatic carbocycles. The minimum absolute atomic E-state index is 0.0298. The molecule has 1 aromatic heterocycles. The van der Waals surface area contributed by atoms with Gasteiger partial charge >= 0.3 is 0 Å². The van der Waals surface area contributed by atoms with Gasteiger partial charge in [-0.15, -0.1) is 0 Å². The number of aromatic nitrogens is 1. The van der Waals surface area contributed by atoms with E-state index in [0.29, 0.717) is 37.1 Å². The van der Waals surface area contributed by atoms with Crippen LogP contribution in [0.15, 0.2) is 98.3 Å². The number of anilines is 1. The summed E-state index contributed by atoms with van der Waals surface area (Å²) >= 11 is 11.0. The van der Waals surface area contributed by atoms with Crippen LogP contribution in [0.4, 0.5) is 5.69 Å².